The van der Waals surface area contributed by atoms with Crippen LogP contribution in [0, 0.1) is 0 Å². The van der Waals surface area contributed by atoms with Crippen LogP contribution in [0.4, 0.5) is 0 Å². The average Bonchev–Trinajstić information content (AvgIpc) is 3.75. The fourth-order valence-electron chi connectivity index (χ4n) is 12.4. The molecule has 9 rings (SSSR count). The van der Waals surface area contributed by atoms with E-state index in [1.807, 2.05) is 22.3 Å². The van der Waals surface area contributed by atoms with Gasteiger partial charge in [0, 0.05) is 0 Å². The van der Waals surface area contributed by atoms with Crippen molar-refractivity contribution in [1.82, 2.24) is 0 Å². The molecule has 2 atom stereocenters. The zero-order valence-electron chi connectivity index (χ0n) is 29.6. The van der Waals surface area contributed by atoms with Gasteiger partial charge in [-0.15, -0.1) is 0 Å². The standard InChI is InChI=1S/2C21H27.C3H6.2ClH.Zr/c2*1-3-8-16(9-4-1)18-14-15-19(17-10-5-2-6-11-17)21-13-7-12-20(18)21;1-3-2;;;/h2*7,12-17H,1-6,8-11H2;1-3H2;2*1H;/q;;;;;+2/p-2. The number of allylic oxidation sites excluding steroid dienone is 2. The molecule has 2 unspecified atom stereocenters. The second-order valence-corrected chi connectivity index (χ2v) is 28.8. The predicted molar refractivity (Wildman–Crippen MR) is 194 cm³/mol. The van der Waals surface area contributed by atoms with E-state index in [1.54, 1.807) is 30.5 Å². The van der Waals surface area contributed by atoms with Crippen LogP contribution in [0.1, 0.15) is 210 Å². The summed E-state index contributed by atoms with van der Waals surface area (Å²) in [6.45, 7) is 0. The normalized spacial score (nSPS) is 26.8. The van der Waals surface area contributed by atoms with Gasteiger partial charge in [0.05, 0.1) is 0 Å². The summed E-state index contributed by atoms with van der Waals surface area (Å²) in [5, 5.41) is 0. The Morgan fingerprint density at radius 3 is 1.00 bits per heavy atom. The first kappa shape index (κ1) is 35.8. The van der Waals surface area contributed by atoms with Crippen molar-refractivity contribution in [2.75, 3.05) is 0 Å². The number of benzene rings is 2. The Bertz CT molecular complexity index is 1370. The molecule has 1 aliphatic heterocycles. The van der Waals surface area contributed by atoms with Gasteiger partial charge in [-0.2, -0.15) is 0 Å². The maximum Gasteiger partial charge on any atom is -1.00 e. The molecular weight excluding hydrogens is 703 g/mol. The average molecular weight is 763 g/mol. The van der Waals surface area contributed by atoms with Crippen molar-refractivity contribution in [1.29, 1.82) is 0 Å². The second kappa shape index (κ2) is 15.5. The van der Waals surface area contributed by atoms with Crippen molar-refractivity contribution >= 4 is 12.2 Å². The van der Waals surface area contributed by atoms with Gasteiger partial charge in [0.15, 0.2) is 0 Å². The van der Waals surface area contributed by atoms with E-state index in [9.17, 15) is 0 Å². The maximum atomic E-state index is 2.87. The van der Waals surface area contributed by atoms with Crippen LogP contribution in [-0.2, 0) is 20.3 Å². The first-order valence-corrected chi connectivity index (χ1v) is 26.8. The van der Waals surface area contributed by atoms with Gasteiger partial charge in [0.2, 0.25) is 0 Å². The van der Waals surface area contributed by atoms with Gasteiger partial charge in [-0.3, -0.25) is 0 Å². The summed E-state index contributed by atoms with van der Waals surface area (Å²) >= 11 is -2.73. The molecular formula is C45H60Cl2Zr. The monoisotopic (exact) mass is 760 g/mol. The number of hydrogen-bond donors (Lipinski definition) is 0. The summed E-state index contributed by atoms with van der Waals surface area (Å²) in [4.78, 5) is 0. The Balaban J connectivity index is 0.00000182. The van der Waals surface area contributed by atoms with Gasteiger partial charge in [0.1, 0.15) is 0 Å². The zero-order chi connectivity index (χ0) is 30.5. The number of halogens is 2. The molecule has 0 bridgehead atoms. The SMILES string of the molecule is C1=C[CH]([Zr+2]2([CH]3C=Cc4c(C5CCCCC5)ccc(C5CCCCC5)c43)[CH2]C[CH2]2)c2c(C3CCCCC3)ccc(C3CCCCC3)c21.[Cl-].[Cl-]. The van der Waals surface area contributed by atoms with Gasteiger partial charge in [-0.25, -0.2) is 0 Å². The van der Waals surface area contributed by atoms with Crippen LogP contribution < -0.4 is 24.8 Å². The molecule has 0 nitrogen and oxygen atoms in total. The van der Waals surface area contributed by atoms with Crippen LogP contribution in [0.3, 0.4) is 0 Å². The summed E-state index contributed by atoms with van der Waals surface area (Å²) in [7, 11) is 0. The van der Waals surface area contributed by atoms with Crippen molar-refractivity contribution in [3.63, 3.8) is 0 Å². The summed E-state index contributed by atoms with van der Waals surface area (Å²) in [6.07, 6.45) is 41.6. The van der Waals surface area contributed by atoms with Gasteiger partial charge >= 0.3 is 287 Å². The molecule has 0 spiro atoms. The molecule has 258 valence electrons. The Kier molecular flexibility index (Phi) is 11.6. The maximum absolute atomic E-state index is 2.87. The molecule has 2 aromatic carbocycles. The van der Waals surface area contributed by atoms with E-state index in [1.165, 1.54) is 135 Å². The summed E-state index contributed by atoms with van der Waals surface area (Å²) in [6, 6.07) is 10.8. The van der Waals surface area contributed by atoms with E-state index in [-0.39, 0.29) is 24.8 Å². The Morgan fingerprint density at radius 2 is 0.688 bits per heavy atom. The van der Waals surface area contributed by atoms with Crippen molar-refractivity contribution < 1.29 is 45.1 Å². The quantitative estimate of drug-likeness (QED) is 0.279. The van der Waals surface area contributed by atoms with Crippen molar-refractivity contribution in [2.45, 2.75) is 174 Å². The molecule has 0 aromatic heterocycles. The van der Waals surface area contributed by atoms with Crippen LogP contribution in [-0.4, -0.2) is 0 Å². The fraction of sp³-hybridized carbons (Fsp3) is 0.644. The largest absolute Gasteiger partial charge is 1.00 e. The molecule has 48 heavy (non-hydrogen) atoms. The third-order valence-electron chi connectivity index (χ3n) is 14.9. The molecule has 7 aliphatic rings. The second-order valence-electron chi connectivity index (χ2n) is 17.2. The van der Waals surface area contributed by atoms with Crippen molar-refractivity contribution in [2.24, 2.45) is 0 Å². The van der Waals surface area contributed by atoms with Crippen LogP contribution in [0.2, 0.25) is 8.26 Å². The van der Waals surface area contributed by atoms with Gasteiger partial charge in [-0.05, 0) is 0 Å². The third-order valence-corrected chi connectivity index (χ3v) is 29.7. The molecule has 1 saturated heterocycles. The summed E-state index contributed by atoms with van der Waals surface area (Å²) < 4.78 is 4.84. The summed E-state index contributed by atoms with van der Waals surface area (Å²) in [5.74, 6) is 3.25. The fourth-order valence-corrected chi connectivity index (χ4v) is 26.1. The van der Waals surface area contributed by atoms with Crippen LogP contribution in [0.5, 0.6) is 0 Å². The predicted octanol–water partition coefficient (Wildman–Crippen LogP) is 8.12. The Labute approximate surface area is 310 Å². The number of hydrogen-bond acceptors (Lipinski definition) is 0. The molecule has 3 heteroatoms. The number of rotatable bonds is 6. The molecule has 0 amide bonds. The molecule has 1 heterocycles. The third kappa shape index (κ3) is 6.27. The molecule has 0 radical (unpaired) electrons. The topological polar surface area (TPSA) is 0 Å². The Hall–Kier alpha value is -0.617. The van der Waals surface area contributed by atoms with E-state index in [0.717, 1.165) is 30.9 Å². The van der Waals surface area contributed by atoms with E-state index < -0.39 is 20.3 Å². The van der Waals surface area contributed by atoms with Crippen LogP contribution >= 0.6 is 0 Å². The van der Waals surface area contributed by atoms with E-state index in [4.69, 9.17) is 0 Å². The summed E-state index contributed by atoms with van der Waals surface area (Å²) in [5.41, 5.74) is 14.6. The minimum Gasteiger partial charge on any atom is -1.00 e. The van der Waals surface area contributed by atoms with E-state index >= 15 is 0 Å². The zero-order valence-corrected chi connectivity index (χ0v) is 33.6. The minimum absolute atomic E-state index is 0. The van der Waals surface area contributed by atoms with Crippen molar-refractivity contribution in [3.8, 4) is 0 Å². The molecule has 0 N–H and O–H groups in total. The Morgan fingerprint density at radius 1 is 0.375 bits per heavy atom. The minimum atomic E-state index is -2.73. The smallest absolute Gasteiger partial charge is 1.00 e. The van der Waals surface area contributed by atoms with Crippen LogP contribution in [0.15, 0.2) is 36.4 Å². The van der Waals surface area contributed by atoms with Gasteiger partial charge in [0.25, 0.3) is 0 Å². The molecule has 6 aliphatic carbocycles. The first-order valence-electron chi connectivity index (χ1n) is 20.5. The molecule has 2 aromatic rings. The van der Waals surface area contributed by atoms with Crippen molar-refractivity contribution in [3.05, 3.63) is 80.9 Å². The molecule has 4 saturated carbocycles. The number of fused-ring (bicyclic) bond motifs is 2. The van der Waals surface area contributed by atoms with Gasteiger partial charge in [-0.1, -0.05) is 0 Å². The van der Waals surface area contributed by atoms with E-state index in [0.29, 0.717) is 0 Å². The first-order chi connectivity index (χ1) is 22.8. The van der Waals surface area contributed by atoms with Gasteiger partial charge < -0.3 is 24.8 Å². The van der Waals surface area contributed by atoms with Crippen LogP contribution in [0.25, 0.3) is 12.2 Å². The van der Waals surface area contributed by atoms with E-state index in [2.05, 4.69) is 48.6 Å². The molecule has 5 fully saturated rings.